The van der Waals surface area contributed by atoms with E-state index in [1.54, 1.807) is 26.0 Å². The highest BCUT2D eigenvalue weighted by atomic mass is 35.5. The topological polar surface area (TPSA) is 104 Å². The number of pyridine rings is 1. The van der Waals surface area contributed by atoms with Crippen molar-refractivity contribution in [2.24, 2.45) is 0 Å². The highest BCUT2D eigenvalue weighted by Gasteiger charge is 2.20. The van der Waals surface area contributed by atoms with E-state index in [0.717, 1.165) is 0 Å². The lowest BCUT2D eigenvalue weighted by Crippen LogP contribution is -2.30. The van der Waals surface area contributed by atoms with Gasteiger partial charge in [0.2, 0.25) is 0 Å². The number of amides is 1. The molecule has 0 radical (unpaired) electrons. The van der Waals surface area contributed by atoms with Crippen LogP contribution in [0.25, 0.3) is 0 Å². The van der Waals surface area contributed by atoms with E-state index >= 15 is 0 Å². The number of aromatic nitrogens is 1. The van der Waals surface area contributed by atoms with Crippen LogP contribution in [0.1, 0.15) is 41.5 Å². The molecule has 1 aromatic carbocycles. The fraction of sp³-hybridized carbons (Fsp3) is 0.300. The molecule has 0 aliphatic heterocycles. The quantitative estimate of drug-likeness (QED) is 0.514. The predicted molar refractivity (Wildman–Crippen MR) is 106 cm³/mol. The van der Waals surface area contributed by atoms with Crippen LogP contribution in [0.15, 0.2) is 36.5 Å². The second-order valence-corrected chi connectivity index (χ2v) is 6.14. The van der Waals surface area contributed by atoms with E-state index in [-0.39, 0.29) is 35.2 Å². The molecule has 0 unspecified atom stereocenters. The highest BCUT2D eigenvalue weighted by molar-refractivity contribution is 6.32. The average Bonchev–Trinajstić information content (AvgIpc) is 2.69. The zero-order valence-corrected chi connectivity index (χ0v) is 17.0. The van der Waals surface area contributed by atoms with Crippen molar-refractivity contribution in [1.82, 2.24) is 4.98 Å². The fourth-order valence-corrected chi connectivity index (χ4v) is 2.47. The first-order chi connectivity index (χ1) is 13.8. The van der Waals surface area contributed by atoms with Gasteiger partial charge in [0.15, 0.2) is 11.3 Å². The Labute approximate surface area is 173 Å². The largest absolute Gasteiger partial charge is 0.481 e. The number of nitrogens with one attached hydrogen (secondary N) is 1. The zero-order valence-electron chi connectivity index (χ0n) is 16.2. The molecular formula is C20H21ClN2O6. The van der Waals surface area contributed by atoms with Gasteiger partial charge >= 0.3 is 11.9 Å². The Balaban J connectivity index is 2.22. The van der Waals surface area contributed by atoms with Gasteiger partial charge in [0.05, 0.1) is 30.0 Å². The van der Waals surface area contributed by atoms with Crippen molar-refractivity contribution < 1.29 is 28.6 Å². The fourth-order valence-electron chi connectivity index (χ4n) is 2.30. The summed E-state index contributed by atoms with van der Waals surface area (Å²) < 4.78 is 15.6. The molecule has 2 aromatic rings. The molecule has 0 spiro atoms. The molecular weight excluding hydrogens is 400 g/mol. The lowest BCUT2D eigenvalue weighted by molar-refractivity contribution is -0.122. The normalized spacial score (nSPS) is 11.3. The molecule has 154 valence electrons. The van der Waals surface area contributed by atoms with Crippen LogP contribution in [0, 0.1) is 0 Å². The van der Waals surface area contributed by atoms with Gasteiger partial charge in [-0.1, -0.05) is 11.6 Å². The molecule has 1 atom stereocenters. The Morgan fingerprint density at radius 2 is 1.66 bits per heavy atom. The van der Waals surface area contributed by atoms with Crippen LogP contribution in [0.4, 0.5) is 5.69 Å². The molecule has 0 saturated heterocycles. The number of hydrogen-bond acceptors (Lipinski definition) is 7. The third-order valence-electron chi connectivity index (χ3n) is 3.63. The number of anilines is 1. The van der Waals surface area contributed by atoms with Crippen LogP contribution in [0.2, 0.25) is 5.15 Å². The molecule has 0 saturated carbocycles. The summed E-state index contributed by atoms with van der Waals surface area (Å²) >= 11 is 5.93. The summed E-state index contributed by atoms with van der Waals surface area (Å²) in [5, 5.41) is 2.74. The van der Waals surface area contributed by atoms with Crippen molar-refractivity contribution in [2.75, 3.05) is 18.5 Å². The summed E-state index contributed by atoms with van der Waals surface area (Å²) in [4.78, 5) is 40.5. The van der Waals surface area contributed by atoms with E-state index in [9.17, 15) is 14.4 Å². The molecule has 1 amide bonds. The smallest absolute Gasteiger partial charge is 0.338 e. The number of carbonyl (C=O) groups is 3. The van der Waals surface area contributed by atoms with Crippen LogP contribution >= 0.6 is 11.6 Å². The predicted octanol–water partition coefficient (Wildman–Crippen LogP) is 3.49. The molecule has 2 rings (SSSR count). The first kappa shape index (κ1) is 22.2. The van der Waals surface area contributed by atoms with Crippen LogP contribution in [0.5, 0.6) is 5.75 Å². The minimum Gasteiger partial charge on any atom is -0.481 e. The summed E-state index contributed by atoms with van der Waals surface area (Å²) in [5.74, 6) is -1.59. The van der Waals surface area contributed by atoms with E-state index in [4.69, 9.17) is 25.8 Å². The summed E-state index contributed by atoms with van der Waals surface area (Å²) in [6.07, 6.45) is 0.536. The standard InChI is InChI=1S/C20H21ClN2O6/c1-4-27-19(25)13-9-14(20(26)28-5-2)11-15(10-13)29-12(3)18(24)23-16-7-6-8-22-17(16)21/h6-12H,4-5H2,1-3H3,(H,23,24)/t12-/m0/s1. The number of ether oxygens (including phenoxy) is 3. The number of hydrogen-bond donors (Lipinski definition) is 1. The van der Waals surface area contributed by atoms with Crippen molar-refractivity contribution in [3.05, 3.63) is 52.8 Å². The molecule has 0 bridgehead atoms. The lowest BCUT2D eigenvalue weighted by Gasteiger charge is -2.16. The van der Waals surface area contributed by atoms with Gasteiger partial charge in [-0.05, 0) is 51.1 Å². The van der Waals surface area contributed by atoms with E-state index < -0.39 is 23.9 Å². The number of esters is 2. The Hall–Kier alpha value is -3.13. The average molecular weight is 421 g/mol. The minimum absolute atomic E-state index is 0.107. The van der Waals surface area contributed by atoms with E-state index in [1.807, 2.05) is 0 Å². The Morgan fingerprint density at radius 1 is 1.07 bits per heavy atom. The highest BCUT2D eigenvalue weighted by Crippen LogP contribution is 2.22. The number of halogens is 1. The van der Waals surface area contributed by atoms with E-state index in [1.165, 1.54) is 31.3 Å². The Kier molecular flexibility index (Phi) is 7.97. The Bertz CT molecular complexity index is 866. The van der Waals surface area contributed by atoms with E-state index in [2.05, 4.69) is 10.3 Å². The molecule has 1 N–H and O–H groups in total. The third-order valence-corrected chi connectivity index (χ3v) is 3.93. The molecule has 29 heavy (non-hydrogen) atoms. The van der Waals surface area contributed by atoms with Gasteiger partial charge < -0.3 is 19.5 Å². The second-order valence-electron chi connectivity index (χ2n) is 5.78. The van der Waals surface area contributed by atoms with Crippen molar-refractivity contribution in [3.8, 4) is 5.75 Å². The van der Waals surface area contributed by atoms with Gasteiger partial charge in [-0.25, -0.2) is 14.6 Å². The molecule has 8 nitrogen and oxygen atoms in total. The number of benzene rings is 1. The molecule has 1 aromatic heterocycles. The molecule has 0 aliphatic rings. The van der Waals surface area contributed by atoms with Crippen LogP contribution in [-0.2, 0) is 14.3 Å². The maximum absolute atomic E-state index is 12.4. The van der Waals surface area contributed by atoms with Gasteiger partial charge in [-0.3, -0.25) is 4.79 Å². The first-order valence-electron chi connectivity index (χ1n) is 8.93. The van der Waals surface area contributed by atoms with Crippen molar-refractivity contribution in [3.63, 3.8) is 0 Å². The molecule has 9 heteroatoms. The van der Waals surface area contributed by atoms with Gasteiger partial charge in [-0.2, -0.15) is 0 Å². The summed E-state index contributed by atoms with van der Waals surface area (Å²) in [5.41, 5.74) is 0.549. The number of carbonyl (C=O) groups excluding carboxylic acids is 3. The maximum Gasteiger partial charge on any atom is 0.338 e. The van der Waals surface area contributed by atoms with Crippen molar-refractivity contribution >= 4 is 35.1 Å². The van der Waals surface area contributed by atoms with Gasteiger partial charge in [0.25, 0.3) is 5.91 Å². The third kappa shape index (κ3) is 6.18. The SMILES string of the molecule is CCOC(=O)c1cc(O[C@@H](C)C(=O)Nc2cccnc2Cl)cc(C(=O)OCC)c1. The zero-order chi connectivity index (χ0) is 21.4. The summed E-state index contributed by atoms with van der Waals surface area (Å²) in [7, 11) is 0. The lowest BCUT2D eigenvalue weighted by atomic mass is 10.1. The van der Waals surface area contributed by atoms with Crippen molar-refractivity contribution in [1.29, 1.82) is 0 Å². The number of nitrogens with zero attached hydrogens (tertiary/aromatic N) is 1. The molecule has 0 fully saturated rings. The van der Waals surface area contributed by atoms with Gasteiger partial charge in [-0.15, -0.1) is 0 Å². The number of rotatable bonds is 8. The van der Waals surface area contributed by atoms with E-state index in [0.29, 0.717) is 5.69 Å². The van der Waals surface area contributed by atoms with Crippen LogP contribution < -0.4 is 10.1 Å². The Morgan fingerprint density at radius 3 is 2.17 bits per heavy atom. The molecule has 1 heterocycles. The second kappa shape index (κ2) is 10.4. The molecule has 0 aliphatic carbocycles. The van der Waals surface area contributed by atoms with Gasteiger partial charge in [0, 0.05) is 6.20 Å². The van der Waals surface area contributed by atoms with Crippen LogP contribution in [-0.4, -0.2) is 42.1 Å². The van der Waals surface area contributed by atoms with Gasteiger partial charge in [0.1, 0.15) is 5.75 Å². The first-order valence-corrected chi connectivity index (χ1v) is 9.30. The maximum atomic E-state index is 12.4. The summed E-state index contributed by atoms with van der Waals surface area (Å²) in [6, 6.07) is 7.35. The van der Waals surface area contributed by atoms with Crippen LogP contribution in [0.3, 0.4) is 0 Å². The minimum atomic E-state index is -0.959. The monoisotopic (exact) mass is 420 g/mol. The van der Waals surface area contributed by atoms with Crippen molar-refractivity contribution in [2.45, 2.75) is 26.9 Å². The summed E-state index contributed by atoms with van der Waals surface area (Å²) in [6.45, 7) is 5.19.